The van der Waals surface area contributed by atoms with Gasteiger partial charge in [0.1, 0.15) is 12.4 Å². The summed E-state index contributed by atoms with van der Waals surface area (Å²) in [6, 6.07) is 13.2. The number of likely N-dealkylation sites (tertiary alicyclic amines) is 1. The molecule has 0 saturated carbocycles. The topological polar surface area (TPSA) is 74.1 Å². The van der Waals surface area contributed by atoms with Gasteiger partial charge in [0.25, 0.3) is 5.91 Å². The van der Waals surface area contributed by atoms with Crippen LogP contribution in [0.4, 0.5) is 0 Å². The second kappa shape index (κ2) is 10.6. The molecule has 0 aliphatic carbocycles. The molecule has 1 amide bonds. The molecule has 2 aromatic carbocycles. The SMILES string of the molecule is C=CCOc1ccc(C([O-])=C2C(=O)C(=O)N(CCC[NH+](C)C)C2c2cccc(Br)c2)cc1. The Hall–Kier alpha value is -2.90. The molecule has 0 bridgehead atoms. The van der Waals surface area contributed by atoms with Crippen LogP contribution >= 0.6 is 15.9 Å². The van der Waals surface area contributed by atoms with Crippen LogP contribution in [0.15, 0.2) is 71.2 Å². The number of hydrogen-bond donors (Lipinski definition) is 1. The Bertz CT molecular complexity index is 1030. The molecule has 1 atom stereocenters. The summed E-state index contributed by atoms with van der Waals surface area (Å²) in [4.78, 5) is 28.7. The summed E-state index contributed by atoms with van der Waals surface area (Å²) in [6.45, 7) is 5.21. The molecule has 1 N–H and O–H groups in total. The number of rotatable bonds is 9. The minimum atomic E-state index is -0.732. The summed E-state index contributed by atoms with van der Waals surface area (Å²) >= 11 is 3.45. The molecule has 6 nitrogen and oxygen atoms in total. The second-order valence-electron chi connectivity index (χ2n) is 7.96. The Morgan fingerprint density at radius 1 is 1.22 bits per heavy atom. The summed E-state index contributed by atoms with van der Waals surface area (Å²) < 4.78 is 6.28. The molecule has 2 aromatic rings. The summed E-state index contributed by atoms with van der Waals surface area (Å²) in [5.41, 5.74) is 1.06. The first-order valence-corrected chi connectivity index (χ1v) is 11.3. The first-order chi connectivity index (χ1) is 15.3. The van der Waals surface area contributed by atoms with Crippen molar-refractivity contribution in [2.75, 3.05) is 33.8 Å². The minimum Gasteiger partial charge on any atom is -0.872 e. The molecule has 1 saturated heterocycles. The lowest BCUT2D eigenvalue weighted by Gasteiger charge is -2.28. The van der Waals surface area contributed by atoms with Crippen molar-refractivity contribution in [3.63, 3.8) is 0 Å². The lowest BCUT2D eigenvalue weighted by molar-refractivity contribution is -0.858. The van der Waals surface area contributed by atoms with Crippen molar-refractivity contribution in [1.82, 2.24) is 4.90 Å². The second-order valence-corrected chi connectivity index (χ2v) is 8.88. The van der Waals surface area contributed by atoms with Crippen LogP contribution in [0.2, 0.25) is 0 Å². The number of halogens is 1. The maximum Gasteiger partial charge on any atom is 0.295 e. The number of ether oxygens (including phenoxy) is 1. The lowest BCUT2D eigenvalue weighted by Crippen LogP contribution is -3.05. The highest BCUT2D eigenvalue weighted by molar-refractivity contribution is 9.10. The first kappa shape index (κ1) is 23.8. The van der Waals surface area contributed by atoms with E-state index in [9.17, 15) is 14.7 Å². The number of benzene rings is 2. The summed E-state index contributed by atoms with van der Waals surface area (Å²) in [7, 11) is 4.07. The highest BCUT2D eigenvalue weighted by Gasteiger charge is 2.43. The number of carbonyl (C=O) groups excluding carboxylic acids is 2. The monoisotopic (exact) mass is 498 g/mol. The van der Waals surface area contributed by atoms with Crippen LogP contribution in [-0.4, -0.2) is 50.4 Å². The predicted octanol–water partition coefficient (Wildman–Crippen LogP) is 1.77. The zero-order chi connectivity index (χ0) is 23.3. The van der Waals surface area contributed by atoms with E-state index in [1.54, 1.807) is 30.3 Å². The molecule has 7 heteroatoms. The maximum atomic E-state index is 13.4. The van der Waals surface area contributed by atoms with Gasteiger partial charge in [0.2, 0.25) is 5.78 Å². The third kappa shape index (κ3) is 5.29. The molecule has 32 heavy (non-hydrogen) atoms. The van der Waals surface area contributed by atoms with Gasteiger partial charge in [-0.3, -0.25) is 9.59 Å². The lowest BCUT2D eigenvalue weighted by atomic mass is 9.95. The van der Waals surface area contributed by atoms with Crippen LogP contribution in [0.25, 0.3) is 5.76 Å². The summed E-state index contributed by atoms with van der Waals surface area (Å²) in [5, 5.41) is 13.4. The number of hydrogen-bond acceptors (Lipinski definition) is 4. The molecular weight excluding hydrogens is 472 g/mol. The first-order valence-electron chi connectivity index (χ1n) is 10.5. The number of ketones is 1. The molecule has 1 unspecified atom stereocenters. The number of quaternary nitrogens is 1. The van der Waals surface area contributed by atoms with Gasteiger partial charge in [-0.1, -0.05) is 58.6 Å². The standard InChI is InChI=1S/C25H27BrN2O4/c1-4-15-32-20-11-9-17(10-12-20)23(29)21-22(18-7-5-8-19(26)16-18)28(25(31)24(21)30)14-6-13-27(2)3/h4-5,7-12,16,22,29H,1,6,13-15H2,2-3H3. The van der Waals surface area contributed by atoms with Gasteiger partial charge in [0, 0.05) is 23.0 Å². The van der Waals surface area contributed by atoms with E-state index in [2.05, 4.69) is 22.5 Å². The summed E-state index contributed by atoms with van der Waals surface area (Å²) in [6.07, 6.45) is 2.36. The average molecular weight is 499 g/mol. The van der Waals surface area contributed by atoms with Crippen molar-refractivity contribution in [3.8, 4) is 5.75 Å². The van der Waals surface area contributed by atoms with Crippen molar-refractivity contribution in [2.24, 2.45) is 0 Å². The van der Waals surface area contributed by atoms with Crippen LogP contribution in [0.5, 0.6) is 5.75 Å². The largest absolute Gasteiger partial charge is 0.872 e. The predicted molar refractivity (Wildman–Crippen MR) is 125 cm³/mol. The molecule has 1 aliphatic rings. The van der Waals surface area contributed by atoms with Crippen LogP contribution < -0.4 is 14.7 Å². The molecule has 0 aromatic heterocycles. The minimum absolute atomic E-state index is 0.00920. The van der Waals surface area contributed by atoms with E-state index < -0.39 is 23.5 Å². The zero-order valence-corrected chi connectivity index (χ0v) is 19.9. The van der Waals surface area contributed by atoms with Crippen molar-refractivity contribution < 1.29 is 24.3 Å². The van der Waals surface area contributed by atoms with Gasteiger partial charge in [-0.05, 0) is 35.4 Å². The molecule has 168 valence electrons. The molecule has 0 spiro atoms. The van der Waals surface area contributed by atoms with E-state index in [0.29, 0.717) is 24.5 Å². The van der Waals surface area contributed by atoms with Crippen LogP contribution in [0.1, 0.15) is 23.6 Å². The molecule has 1 heterocycles. The van der Waals surface area contributed by atoms with Gasteiger partial charge in [-0.15, -0.1) is 0 Å². The molecule has 0 radical (unpaired) electrons. The van der Waals surface area contributed by atoms with E-state index in [1.807, 2.05) is 38.4 Å². The highest BCUT2D eigenvalue weighted by atomic mass is 79.9. The van der Waals surface area contributed by atoms with Crippen LogP contribution in [0, 0.1) is 0 Å². The fourth-order valence-corrected chi connectivity index (χ4v) is 4.16. The summed E-state index contributed by atoms with van der Waals surface area (Å²) in [5.74, 6) is -1.21. The van der Waals surface area contributed by atoms with Crippen LogP contribution in [0.3, 0.4) is 0 Å². The number of carbonyl (C=O) groups is 2. The fraction of sp³-hybridized carbons (Fsp3) is 0.280. The van der Waals surface area contributed by atoms with Gasteiger partial charge in [-0.2, -0.15) is 0 Å². The van der Waals surface area contributed by atoms with Gasteiger partial charge < -0.3 is 19.6 Å². The van der Waals surface area contributed by atoms with Gasteiger partial charge in [-0.25, -0.2) is 0 Å². The Morgan fingerprint density at radius 3 is 2.56 bits per heavy atom. The van der Waals surface area contributed by atoms with E-state index in [-0.39, 0.29) is 5.57 Å². The molecular formula is C25H27BrN2O4. The smallest absolute Gasteiger partial charge is 0.295 e. The highest BCUT2D eigenvalue weighted by Crippen LogP contribution is 2.39. The number of nitrogens with one attached hydrogen (secondary N) is 1. The van der Waals surface area contributed by atoms with E-state index >= 15 is 0 Å². The van der Waals surface area contributed by atoms with Crippen molar-refractivity contribution in [1.29, 1.82) is 0 Å². The Labute approximate surface area is 196 Å². The van der Waals surface area contributed by atoms with Crippen LogP contribution in [-0.2, 0) is 9.59 Å². The third-order valence-corrected chi connectivity index (χ3v) is 5.75. The molecule has 3 rings (SSSR count). The van der Waals surface area contributed by atoms with E-state index in [0.717, 1.165) is 23.0 Å². The third-order valence-electron chi connectivity index (χ3n) is 5.25. The maximum absolute atomic E-state index is 13.4. The van der Waals surface area contributed by atoms with Crippen molar-refractivity contribution >= 4 is 33.4 Å². The average Bonchev–Trinajstić information content (AvgIpc) is 3.02. The Balaban J connectivity index is 2.03. The van der Waals surface area contributed by atoms with E-state index in [1.165, 1.54) is 9.80 Å². The Kier molecular flexibility index (Phi) is 7.88. The molecule has 1 fully saturated rings. The van der Waals surface area contributed by atoms with Gasteiger partial charge in [0.15, 0.2) is 0 Å². The van der Waals surface area contributed by atoms with Crippen molar-refractivity contribution in [2.45, 2.75) is 12.5 Å². The number of amides is 1. The number of Topliss-reactive ketones (excluding diaryl/α,β-unsaturated/α-hetero) is 1. The Morgan fingerprint density at radius 2 is 1.94 bits per heavy atom. The zero-order valence-electron chi connectivity index (χ0n) is 18.3. The van der Waals surface area contributed by atoms with Gasteiger partial charge >= 0.3 is 0 Å². The normalized spacial score (nSPS) is 17.8. The molecule has 1 aliphatic heterocycles. The van der Waals surface area contributed by atoms with Gasteiger partial charge in [0.05, 0.1) is 26.7 Å². The van der Waals surface area contributed by atoms with E-state index in [4.69, 9.17) is 4.74 Å². The quantitative estimate of drug-likeness (QED) is 0.247. The van der Waals surface area contributed by atoms with Crippen molar-refractivity contribution in [3.05, 3.63) is 82.4 Å². The fourth-order valence-electron chi connectivity index (χ4n) is 3.74. The number of nitrogens with zero attached hydrogens (tertiary/aromatic N) is 1.